The fourth-order valence-electron chi connectivity index (χ4n) is 3.18. The third kappa shape index (κ3) is 4.69. The van der Waals surface area contributed by atoms with Gasteiger partial charge in [0.05, 0.1) is 17.5 Å². The lowest BCUT2D eigenvalue weighted by Gasteiger charge is -2.35. The molecule has 144 valence electrons. The molecule has 0 spiro atoms. The molecular weight excluding hydrogens is 364 g/mol. The lowest BCUT2D eigenvalue weighted by molar-refractivity contribution is -0.132. The van der Waals surface area contributed by atoms with Crippen LogP contribution in [0.25, 0.3) is 11.3 Å². The van der Waals surface area contributed by atoms with E-state index in [1.54, 1.807) is 23.2 Å². The zero-order valence-corrected chi connectivity index (χ0v) is 16.5. The molecule has 3 rings (SSSR count). The Balaban J connectivity index is 1.63. The Morgan fingerprint density at radius 2 is 1.74 bits per heavy atom. The molecule has 0 radical (unpaired) electrons. The van der Waals surface area contributed by atoms with Crippen molar-refractivity contribution in [2.45, 2.75) is 26.7 Å². The van der Waals surface area contributed by atoms with E-state index in [4.69, 9.17) is 11.6 Å². The number of aromatic amines is 1. The average molecular weight is 389 g/mol. The highest BCUT2D eigenvalue weighted by atomic mass is 35.5. The number of piperazine rings is 1. The molecule has 0 atom stereocenters. The second-order valence-electron chi connectivity index (χ2n) is 7.27. The summed E-state index contributed by atoms with van der Waals surface area (Å²) in [6, 6.07) is 7.29. The second kappa shape index (κ2) is 8.57. The minimum Gasteiger partial charge on any atom is -0.339 e. The number of hydrogen-bond acceptors (Lipinski definition) is 3. The summed E-state index contributed by atoms with van der Waals surface area (Å²) in [6.07, 6.45) is 3.04. The Bertz CT molecular complexity index is 793. The lowest BCUT2D eigenvalue weighted by atomic mass is 10.1. The molecule has 2 amide bonds. The number of amides is 2. The summed E-state index contributed by atoms with van der Waals surface area (Å²) in [5, 5.41) is 7.60. The standard InChI is InChI=1S/C20H25ClN4O2/c1-14(2)3-8-18(26)24-9-11-25(12-10-24)20(27)17-13-22-23-19(17)15-4-6-16(21)7-5-15/h4-7,13-14H,3,8-12H2,1-2H3,(H,22,23). The van der Waals surface area contributed by atoms with Crippen molar-refractivity contribution >= 4 is 23.4 Å². The molecule has 0 aliphatic carbocycles. The topological polar surface area (TPSA) is 69.3 Å². The maximum atomic E-state index is 12.9. The average Bonchev–Trinajstić information content (AvgIpc) is 3.16. The van der Waals surface area contributed by atoms with E-state index in [1.807, 2.05) is 17.0 Å². The minimum atomic E-state index is -0.0667. The fourth-order valence-corrected chi connectivity index (χ4v) is 3.31. The molecule has 1 fully saturated rings. The molecule has 0 unspecified atom stereocenters. The summed E-state index contributed by atoms with van der Waals surface area (Å²) in [6.45, 7) is 6.47. The van der Waals surface area contributed by atoms with Crippen molar-refractivity contribution in [1.82, 2.24) is 20.0 Å². The summed E-state index contributed by atoms with van der Waals surface area (Å²) < 4.78 is 0. The van der Waals surface area contributed by atoms with Crippen LogP contribution in [0.15, 0.2) is 30.5 Å². The molecule has 7 heteroatoms. The summed E-state index contributed by atoms with van der Waals surface area (Å²) >= 11 is 5.94. The largest absolute Gasteiger partial charge is 0.339 e. The molecule has 1 N–H and O–H groups in total. The summed E-state index contributed by atoms with van der Waals surface area (Å²) in [5.74, 6) is 0.633. The molecule has 0 bridgehead atoms. The molecule has 1 aliphatic rings. The van der Waals surface area contributed by atoms with Crippen LogP contribution in [-0.2, 0) is 4.79 Å². The van der Waals surface area contributed by atoms with Crippen molar-refractivity contribution in [2.75, 3.05) is 26.2 Å². The van der Waals surface area contributed by atoms with Crippen LogP contribution < -0.4 is 0 Å². The van der Waals surface area contributed by atoms with Gasteiger partial charge in [0.2, 0.25) is 5.91 Å². The van der Waals surface area contributed by atoms with Crippen molar-refractivity contribution in [3.63, 3.8) is 0 Å². The Labute approximate surface area is 164 Å². The first-order chi connectivity index (χ1) is 13.0. The van der Waals surface area contributed by atoms with Gasteiger partial charge in [-0.15, -0.1) is 0 Å². The SMILES string of the molecule is CC(C)CCC(=O)N1CCN(C(=O)c2cn[nH]c2-c2ccc(Cl)cc2)CC1. The lowest BCUT2D eigenvalue weighted by Crippen LogP contribution is -2.50. The molecule has 1 aromatic carbocycles. The Kier molecular flexibility index (Phi) is 6.16. The third-order valence-electron chi connectivity index (χ3n) is 4.86. The first-order valence-corrected chi connectivity index (χ1v) is 9.70. The highest BCUT2D eigenvalue weighted by Gasteiger charge is 2.27. The van der Waals surface area contributed by atoms with Crippen LogP contribution in [0.2, 0.25) is 5.02 Å². The van der Waals surface area contributed by atoms with Crippen LogP contribution in [0.3, 0.4) is 0 Å². The molecular formula is C20H25ClN4O2. The summed E-state index contributed by atoms with van der Waals surface area (Å²) in [4.78, 5) is 28.9. The number of aromatic nitrogens is 2. The van der Waals surface area contributed by atoms with E-state index in [0.717, 1.165) is 12.0 Å². The van der Waals surface area contributed by atoms with Gasteiger partial charge in [0.25, 0.3) is 5.91 Å². The van der Waals surface area contributed by atoms with Gasteiger partial charge >= 0.3 is 0 Å². The van der Waals surface area contributed by atoms with Crippen LogP contribution in [0.4, 0.5) is 0 Å². The first-order valence-electron chi connectivity index (χ1n) is 9.32. The van der Waals surface area contributed by atoms with Gasteiger partial charge in [-0.25, -0.2) is 0 Å². The third-order valence-corrected chi connectivity index (χ3v) is 5.11. The van der Waals surface area contributed by atoms with Crippen molar-refractivity contribution in [3.8, 4) is 11.3 Å². The van der Waals surface area contributed by atoms with Gasteiger partial charge in [-0.1, -0.05) is 37.6 Å². The van der Waals surface area contributed by atoms with Gasteiger partial charge in [0.15, 0.2) is 0 Å². The van der Waals surface area contributed by atoms with Gasteiger partial charge in [-0.3, -0.25) is 14.7 Å². The van der Waals surface area contributed by atoms with E-state index in [9.17, 15) is 9.59 Å². The second-order valence-corrected chi connectivity index (χ2v) is 7.71. The number of halogens is 1. The molecule has 2 aromatic rings. The molecule has 0 saturated carbocycles. The summed E-state index contributed by atoms with van der Waals surface area (Å²) in [5.41, 5.74) is 2.09. The molecule has 6 nitrogen and oxygen atoms in total. The van der Waals surface area contributed by atoms with Gasteiger partial charge in [-0.05, 0) is 24.5 Å². The zero-order valence-electron chi connectivity index (χ0n) is 15.7. The summed E-state index contributed by atoms with van der Waals surface area (Å²) in [7, 11) is 0. The minimum absolute atomic E-state index is 0.0667. The van der Waals surface area contributed by atoms with E-state index >= 15 is 0 Å². The van der Waals surface area contributed by atoms with Crippen LogP contribution in [0, 0.1) is 5.92 Å². The van der Waals surface area contributed by atoms with Gasteiger partial charge < -0.3 is 9.80 Å². The predicted octanol–water partition coefficient (Wildman–Crippen LogP) is 3.45. The predicted molar refractivity (Wildman–Crippen MR) is 106 cm³/mol. The normalized spacial score (nSPS) is 14.7. The first kappa shape index (κ1) is 19.4. The van der Waals surface area contributed by atoms with E-state index in [-0.39, 0.29) is 11.8 Å². The van der Waals surface area contributed by atoms with Crippen LogP contribution in [-0.4, -0.2) is 58.0 Å². The molecule has 1 aromatic heterocycles. The van der Waals surface area contributed by atoms with Gasteiger partial charge in [0.1, 0.15) is 0 Å². The zero-order chi connectivity index (χ0) is 19.4. The van der Waals surface area contributed by atoms with Crippen LogP contribution >= 0.6 is 11.6 Å². The highest BCUT2D eigenvalue weighted by Crippen LogP contribution is 2.24. The maximum Gasteiger partial charge on any atom is 0.257 e. The van der Waals surface area contributed by atoms with E-state index in [1.165, 1.54) is 0 Å². The van der Waals surface area contributed by atoms with E-state index in [0.29, 0.717) is 54.8 Å². The number of nitrogens with zero attached hydrogens (tertiary/aromatic N) is 3. The smallest absolute Gasteiger partial charge is 0.257 e. The molecule has 2 heterocycles. The number of benzene rings is 1. The number of H-pyrrole nitrogens is 1. The monoisotopic (exact) mass is 388 g/mol. The van der Waals surface area contributed by atoms with Crippen molar-refractivity contribution in [2.24, 2.45) is 5.92 Å². The quantitative estimate of drug-likeness (QED) is 0.852. The Hall–Kier alpha value is -2.34. The molecule has 1 saturated heterocycles. The van der Waals surface area contributed by atoms with E-state index < -0.39 is 0 Å². The number of hydrogen-bond donors (Lipinski definition) is 1. The molecule has 1 aliphatic heterocycles. The number of nitrogens with one attached hydrogen (secondary N) is 1. The molecule has 27 heavy (non-hydrogen) atoms. The maximum absolute atomic E-state index is 12.9. The van der Waals surface area contributed by atoms with E-state index in [2.05, 4.69) is 24.0 Å². The van der Waals surface area contributed by atoms with Crippen molar-refractivity contribution in [3.05, 3.63) is 41.0 Å². The highest BCUT2D eigenvalue weighted by molar-refractivity contribution is 6.30. The Morgan fingerprint density at radius 3 is 2.37 bits per heavy atom. The van der Waals surface area contributed by atoms with Crippen LogP contribution in [0.1, 0.15) is 37.0 Å². The fraction of sp³-hybridized carbons (Fsp3) is 0.450. The number of carbonyl (C=O) groups is 2. The van der Waals surface area contributed by atoms with Gasteiger partial charge in [-0.2, -0.15) is 5.10 Å². The van der Waals surface area contributed by atoms with Crippen molar-refractivity contribution in [1.29, 1.82) is 0 Å². The number of rotatable bonds is 5. The van der Waals surface area contributed by atoms with Crippen molar-refractivity contribution < 1.29 is 9.59 Å². The van der Waals surface area contributed by atoms with Gasteiger partial charge in [0, 0.05) is 43.2 Å². The Morgan fingerprint density at radius 1 is 1.11 bits per heavy atom. The van der Waals surface area contributed by atoms with Crippen LogP contribution in [0.5, 0.6) is 0 Å². The number of carbonyl (C=O) groups excluding carboxylic acids is 2.